The third kappa shape index (κ3) is 2.33. The van der Waals surface area contributed by atoms with Crippen LogP contribution < -0.4 is 17.2 Å². The maximum absolute atomic E-state index is 12.4. The fraction of sp³-hybridized carbons (Fsp3) is 0.462. The second-order valence-corrected chi connectivity index (χ2v) is 4.86. The summed E-state index contributed by atoms with van der Waals surface area (Å²) in [6.45, 7) is 0. The number of Topliss-reactive ketones (excluding diaryl/α,β-unsaturated/α-hetero) is 1. The van der Waals surface area contributed by atoms with Crippen molar-refractivity contribution < 1.29 is 4.79 Å². The van der Waals surface area contributed by atoms with Gasteiger partial charge in [0, 0.05) is 11.3 Å². The van der Waals surface area contributed by atoms with E-state index in [-0.39, 0.29) is 11.7 Å². The lowest BCUT2D eigenvalue weighted by atomic mass is 9.76. The summed E-state index contributed by atoms with van der Waals surface area (Å²) in [4.78, 5) is 12.4. The monoisotopic (exact) mass is 233 g/mol. The van der Waals surface area contributed by atoms with E-state index in [1.807, 2.05) is 6.07 Å². The Hall–Kier alpha value is -1.39. The molecule has 2 rings (SSSR count). The van der Waals surface area contributed by atoms with Crippen molar-refractivity contribution in [3.05, 3.63) is 29.8 Å². The van der Waals surface area contributed by atoms with Crippen LogP contribution in [0.3, 0.4) is 0 Å². The van der Waals surface area contributed by atoms with Crippen molar-refractivity contribution in [2.75, 3.05) is 5.73 Å². The summed E-state index contributed by atoms with van der Waals surface area (Å²) in [6.07, 6.45) is 3.43. The SMILES string of the molecule is Nc1ccccc1C(=O)C1CCCCC1(N)N. The summed E-state index contributed by atoms with van der Waals surface area (Å²) in [5.41, 5.74) is 18.0. The van der Waals surface area contributed by atoms with Gasteiger partial charge in [-0.2, -0.15) is 0 Å². The average molecular weight is 233 g/mol. The molecule has 1 unspecified atom stereocenters. The molecule has 1 aromatic carbocycles. The summed E-state index contributed by atoms with van der Waals surface area (Å²) in [7, 11) is 0. The minimum atomic E-state index is -0.891. The van der Waals surface area contributed by atoms with Gasteiger partial charge in [-0.3, -0.25) is 4.79 Å². The van der Waals surface area contributed by atoms with Gasteiger partial charge < -0.3 is 17.2 Å². The molecule has 1 atom stereocenters. The fourth-order valence-electron chi connectivity index (χ4n) is 2.51. The zero-order valence-electron chi connectivity index (χ0n) is 9.86. The average Bonchev–Trinajstić information content (AvgIpc) is 2.28. The van der Waals surface area contributed by atoms with Crippen molar-refractivity contribution in [2.24, 2.45) is 17.4 Å². The molecule has 0 amide bonds. The van der Waals surface area contributed by atoms with Gasteiger partial charge in [-0.05, 0) is 25.0 Å². The lowest BCUT2D eigenvalue weighted by Crippen LogP contribution is -2.59. The normalized spacial score (nSPS) is 23.3. The smallest absolute Gasteiger partial charge is 0.171 e. The first-order chi connectivity index (χ1) is 8.02. The van der Waals surface area contributed by atoms with E-state index in [4.69, 9.17) is 17.2 Å². The van der Waals surface area contributed by atoms with E-state index in [0.29, 0.717) is 17.7 Å². The van der Waals surface area contributed by atoms with Gasteiger partial charge >= 0.3 is 0 Å². The molecule has 92 valence electrons. The largest absolute Gasteiger partial charge is 0.398 e. The van der Waals surface area contributed by atoms with Crippen LogP contribution in [-0.4, -0.2) is 11.4 Å². The van der Waals surface area contributed by atoms with Crippen molar-refractivity contribution in [2.45, 2.75) is 31.3 Å². The molecule has 1 fully saturated rings. The lowest BCUT2D eigenvalue weighted by Gasteiger charge is -2.37. The van der Waals surface area contributed by atoms with Crippen LogP contribution in [0.25, 0.3) is 0 Å². The van der Waals surface area contributed by atoms with Crippen molar-refractivity contribution >= 4 is 11.5 Å². The van der Waals surface area contributed by atoms with Crippen LogP contribution in [0.5, 0.6) is 0 Å². The number of hydrogen-bond donors (Lipinski definition) is 3. The van der Waals surface area contributed by atoms with Crippen LogP contribution in [0, 0.1) is 5.92 Å². The standard InChI is InChI=1S/C13H19N3O/c14-11-7-2-1-5-9(11)12(17)10-6-3-4-8-13(10,15)16/h1-2,5,7,10H,3-4,6,8,14-16H2. The number of hydrogen-bond acceptors (Lipinski definition) is 4. The van der Waals surface area contributed by atoms with Gasteiger partial charge in [0.1, 0.15) is 0 Å². The number of carbonyl (C=O) groups is 1. The van der Waals surface area contributed by atoms with Gasteiger partial charge in [0.25, 0.3) is 0 Å². The highest BCUT2D eigenvalue weighted by Crippen LogP contribution is 2.32. The van der Waals surface area contributed by atoms with Crippen molar-refractivity contribution in [1.82, 2.24) is 0 Å². The molecule has 0 radical (unpaired) electrons. The predicted octanol–water partition coefficient (Wildman–Crippen LogP) is 1.26. The molecule has 0 saturated heterocycles. The zero-order valence-corrected chi connectivity index (χ0v) is 9.86. The van der Waals surface area contributed by atoms with Crippen LogP contribution >= 0.6 is 0 Å². The molecular weight excluding hydrogens is 214 g/mol. The predicted molar refractivity (Wildman–Crippen MR) is 68.2 cm³/mol. The first-order valence-electron chi connectivity index (χ1n) is 5.99. The van der Waals surface area contributed by atoms with Crippen molar-refractivity contribution in [1.29, 1.82) is 0 Å². The highest BCUT2D eigenvalue weighted by atomic mass is 16.1. The van der Waals surface area contributed by atoms with E-state index in [9.17, 15) is 4.79 Å². The van der Waals surface area contributed by atoms with E-state index < -0.39 is 5.66 Å². The maximum Gasteiger partial charge on any atom is 0.171 e. The maximum atomic E-state index is 12.4. The van der Waals surface area contributed by atoms with Gasteiger partial charge in [0.15, 0.2) is 5.78 Å². The number of benzene rings is 1. The number of nitrogens with two attached hydrogens (primary N) is 3. The molecule has 0 bridgehead atoms. The molecule has 6 N–H and O–H groups in total. The number of ketones is 1. The Bertz CT molecular complexity index is 428. The Balaban J connectivity index is 2.28. The van der Waals surface area contributed by atoms with Crippen molar-refractivity contribution in [3.63, 3.8) is 0 Å². The van der Waals surface area contributed by atoms with Crippen LogP contribution in [0.2, 0.25) is 0 Å². The molecule has 1 saturated carbocycles. The molecule has 1 aromatic rings. The van der Waals surface area contributed by atoms with E-state index >= 15 is 0 Å². The van der Waals surface area contributed by atoms with Gasteiger partial charge in [0.2, 0.25) is 0 Å². The van der Waals surface area contributed by atoms with Gasteiger partial charge in [-0.15, -0.1) is 0 Å². The highest BCUT2D eigenvalue weighted by molar-refractivity contribution is 6.02. The molecule has 4 nitrogen and oxygen atoms in total. The number of para-hydroxylation sites is 1. The Morgan fingerprint density at radius 2 is 1.94 bits per heavy atom. The van der Waals surface area contributed by atoms with E-state index in [1.54, 1.807) is 18.2 Å². The molecule has 0 heterocycles. The summed E-state index contributed by atoms with van der Waals surface area (Å²) < 4.78 is 0. The lowest BCUT2D eigenvalue weighted by molar-refractivity contribution is 0.0791. The minimum Gasteiger partial charge on any atom is -0.398 e. The number of anilines is 1. The zero-order chi connectivity index (χ0) is 12.5. The Kier molecular flexibility index (Phi) is 3.17. The van der Waals surface area contributed by atoms with Gasteiger partial charge in [-0.25, -0.2) is 0 Å². The molecule has 0 spiro atoms. The van der Waals surface area contributed by atoms with E-state index in [1.165, 1.54) is 0 Å². The second-order valence-electron chi connectivity index (χ2n) is 4.86. The molecule has 4 heteroatoms. The third-order valence-corrected chi connectivity index (χ3v) is 3.54. The third-order valence-electron chi connectivity index (χ3n) is 3.54. The first-order valence-corrected chi connectivity index (χ1v) is 5.99. The minimum absolute atomic E-state index is 0.0206. The Morgan fingerprint density at radius 1 is 1.24 bits per heavy atom. The topological polar surface area (TPSA) is 95.1 Å². The molecule has 17 heavy (non-hydrogen) atoms. The summed E-state index contributed by atoms with van der Waals surface area (Å²) in [5, 5.41) is 0. The summed E-state index contributed by atoms with van der Waals surface area (Å²) in [5.74, 6) is -0.339. The van der Waals surface area contributed by atoms with Gasteiger partial charge in [0.05, 0.1) is 11.6 Å². The van der Waals surface area contributed by atoms with Crippen LogP contribution in [0.4, 0.5) is 5.69 Å². The molecular formula is C13H19N3O. The molecule has 0 aromatic heterocycles. The van der Waals surface area contributed by atoms with E-state index in [0.717, 1.165) is 19.3 Å². The van der Waals surface area contributed by atoms with Crippen molar-refractivity contribution in [3.8, 4) is 0 Å². The summed E-state index contributed by atoms with van der Waals surface area (Å²) in [6, 6.07) is 7.08. The quantitative estimate of drug-likeness (QED) is 0.407. The van der Waals surface area contributed by atoms with Crippen LogP contribution in [0.15, 0.2) is 24.3 Å². The molecule has 0 aliphatic heterocycles. The van der Waals surface area contributed by atoms with Crippen LogP contribution in [-0.2, 0) is 0 Å². The number of carbonyl (C=O) groups excluding carboxylic acids is 1. The summed E-state index contributed by atoms with van der Waals surface area (Å²) >= 11 is 0. The number of nitrogen functional groups attached to an aromatic ring is 1. The number of rotatable bonds is 2. The van der Waals surface area contributed by atoms with Gasteiger partial charge in [-0.1, -0.05) is 25.0 Å². The van der Waals surface area contributed by atoms with E-state index in [2.05, 4.69) is 0 Å². The fourth-order valence-corrected chi connectivity index (χ4v) is 2.51. The first kappa shape index (κ1) is 12.1. The highest BCUT2D eigenvalue weighted by Gasteiger charge is 2.39. The second kappa shape index (κ2) is 4.47. The molecule has 1 aliphatic carbocycles. The Labute approximate surface area is 101 Å². The van der Waals surface area contributed by atoms with Crippen LogP contribution in [0.1, 0.15) is 36.0 Å². The molecule has 1 aliphatic rings. The Morgan fingerprint density at radius 3 is 2.59 bits per heavy atom.